The van der Waals surface area contributed by atoms with Crippen LogP contribution in [-0.2, 0) is 11.3 Å². The van der Waals surface area contributed by atoms with Crippen molar-refractivity contribution in [3.63, 3.8) is 0 Å². The molecule has 0 radical (unpaired) electrons. The van der Waals surface area contributed by atoms with Crippen LogP contribution in [0.5, 0.6) is 0 Å². The topological polar surface area (TPSA) is 49.4 Å². The molecular weight excluding hydrogens is 398 g/mol. The van der Waals surface area contributed by atoms with E-state index in [1.165, 1.54) is 47.4 Å². The fourth-order valence-corrected chi connectivity index (χ4v) is 2.97. The Hall–Kier alpha value is -3.25. The third kappa shape index (κ3) is 5.62. The second kappa shape index (κ2) is 9.30. The first-order valence-corrected chi connectivity index (χ1v) is 9.14. The predicted octanol–water partition coefficient (Wildman–Crippen LogP) is 4.90. The Labute approximate surface area is 171 Å². The molecule has 148 valence electrons. The molecule has 1 N–H and O–H groups in total. The van der Waals surface area contributed by atoms with E-state index in [0.717, 1.165) is 6.07 Å². The molecule has 0 saturated carbocycles. The average molecular weight is 415 g/mol. The Morgan fingerprint density at radius 1 is 0.897 bits per heavy atom. The van der Waals surface area contributed by atoms with Gasteiger partial charge < -0.3 is 10.2 Å². The van der Waals surface area contributed by atoms with Gasteiger partial charge in [0.2, 0.25) is 5.91 Å². The van der Waals surface area contributed by atoms with Crippen molar-refractivity contribution < 1.29 is 18.4 Å². The molecule has 2 amide bonds. The van der Waals surface area contributed by atoms with E-state index in [9.17, 15) is 18.4 Å². The second-order valence-corrected chi connectivity index (χ2v) is 6.73. The number of hydrogen-bond acceptors (Lipinski definition) is 2. The van der Waals surface area contributed by atoms with Crippen molar-refractivity contribution in [2.45, 2.75) is 6.54 Å². The van der Waals surface area contributed by atoms with Gasteiger partial charge in [-0.3, -0.25) is 9.59 Å². The van der Waals surface area contributed by atoms with E-state index in [1.54, 1.807) is 24.3 Å². The minimum atomic E-state index is -0.558. The van der Waals surface area contributed by atoms with Crippen LogP contribution in [0.3, 0.4) is 0 Å². The molecule has 7 heteroatoms. The number of rotatable bonds is 6. The van der Waals surface area contributed by atoms with Crippen LogP contribution in [0.1, 0.15) is 15.9 Å². The highest BCUT2D eigenvalue weighted by Gasteiger charge is 2.21. The van der Waals surface area contributed by atoms with Gasteiger partial charge in [0.25, 0.3) is 5.91 Å². The highest BCUT2D eigenvalue weighted by atomic mass is 35.5. The van der Waals surface area contributed by atoms with Gasteiger partial charge in [0, 0.05) is 22.8 Å². The lowest BCUT2D eigenvalue weighted by Gasteiger charge is -2.23. The number of nitrogens with one attached hydrogen (secondary N) is 1. The molecule has 0 fully saturated rings. The Balaban J connectivity index is 1.82. The van der Waals surface area contributed by atoms with E-state index < -0.39 is 23.4 Å². The summed E-state index contributed by atoms with van der Waals surface area (Å²) >= 11 is 6.19. The summed E-state index contributed by atoms with van der Waals surface area (Å²) < 4.78 is 26.9. The molecule has 29 heavy (non-hydrogen) atoms. The summed E-state index contributed by atoms with van der Waals surface area (Å²) in [6, 6.07) is 17.6. The molecule has 0 aromatic heterocycles. The van der Waals surface area contributed by atoms with Gasteiger partial charge in [-0.25, -0.2) is 8.78 Å². The molecule has 0 atom stereocenters. The minimum Gasteiger partial charge on any atom is -0.325 e. The summed E-state index contributed by atoms with van der Waals surface area (Å²) in [5.74, 6) is -2.10. The number of nitrogens with zero attached hydrogens (tertiary/aromatic N) is 1. The zero-order chi connectivity index (χ0) is 20.8. The lowest BCUT2D eigenvalue weighted by atomic mass is 10.1. The lowest BCUT2D eigenvalue weighted by molar-refractivity contribution is -0.117. The van der Waals surface area contributed by atoms with Crippen LogP contribution < -0.4 is 5.32 Å². The normalized spacial score (nSPS) is 10.4. The Morgan fingerprint density at radius 2 is 1.59 bits per heavy atom. The first-order valence-electron chi connectivity index (χ1n) is 8.76. The van der Waals surface area contributed by atoms with Gasteiger partial charge in [-0.15, -0.1) is 0 Å². The van der Waals surface area contributed by atoms with Gasteiger partial charge in [0.15, 0.2) is 0 Å². The average Bonchev–Trinajstić information content (AvgIpc) is 2.68. The Kier molecular flexibility index (Phi) is 6.57. The van der Waals surface area contributed by atoms with E-state index in [1.807, 2.05) is 0 Å². The monoisotopic (exact) mass is 414 g/mol. The van der Waals surface area contributed by atoms with E-state index in [2.05, 4.69) is 5.32 Å². The zero-order valence-electron chi connectivity index (χ0n) is 15.2. The molecule has 0 saturated heterocycles. The van der Waals surface area contributed by atoms with Crippen molar-refractivity contribution in [1.82, 2.24) is 4.90 Å². The summed E-state index contributed by atoms with van der Waals surface area (Å²) in [4.78, 5) is 26.7. The standard InChI is InChI=1S/C22H17ClF2N2O2/c23-20-10-2-1-5-16(20)13-27(22(29)15-6-3-7-17(24)11-15)14-21(28)26-19-9-4-8-18(25)12-19/h1-12H,13-14H2,(H,26,28). The molecule has 0 bridgehead atoms. The maximum atomic E-state index is 13.6. The summed E-state index contributed by atoms with van der Waals surface area (Å²) in [5.41, 5.74) is 1.01. The fourth-order valence-electron chi connectivity index (χ4n) is 2.78. The maximum Gasteiger partial charge on any atom is 0.254 e. The molecule has 0 aliphatic rings. The second-order valence-electron chi connectivity index (χ2n) is 6.32. The molecular formula is C22H17ClF2N2O2. The molecule has 4 nitrogen and oxygen atoms in total. The molecule has 3 aromatic carbocycles. The van der Waals surface area contributed by atoms with Gasteiger partial charge in [-0.05, 0) is 48.0 Å². The number of carbonyl (C=O) groups is 2. The first kappa shape index (κ1) is 20.5. The number of benzene rings is 3. The predicted molar refractivity (Wildman–Crippen MR) is 108 cm³/mol. The Morgan fingerprint density at radius 3 is 2.28 bits per heavy atom. The van der Waals surface area contributed by atoms with Crippen molar-refractivity contribution in [3.8, 4) is 0 Å². The Bertz CT molecular complexity index is 1040. The van der Waals surface area contributed by atoms with E-state index in [4.69, 9.17) is 11.6 Å². The first-order chi connectivity index (χ1) is 13.9. The van der Waals surface area contributed by atoms with E-state index in [0.29, 0.717) is 10.6 Å². The van der Waals surface area contributed by atoms with Crippen molar-refractivity contribution in [2.24, 2.45) is 0 Å². The highest BCUT2D eigenvalue weighted by molar-refractivity contribution is 6.31. The molecule has 3 aromatic rings. The third-order valence-corrected chi connectivity index (χ3v) is 4.49. The molecule has 3 rings (SSSR count). The van der Waals surface area contributed by atoms with Crippen LogP contribution in [0.2, 0.25) is 5.02 Å². The molecule has 0 unspecified atom stereocenters. The summed E-state index contributed by atoms with van der Waals surface area (Å²) in [6.45, 7) is -0.275. The molecule has 0 aliphatic carbocycles. The number of hydrogen-bond donors (Lipinski definition) is 1. The maximum absolute atomic E-state index is 13.6. The largest absolute Gasteiger partial charge is 0.325 e. The third-order valence-electron chi connectivity index (χ3n) is 4.12. The van der Waals surface area contributed by atoms with Crippen molar-refractivity contribution in [2.75, 3.05) is 11.9 Å². The summed E-state index contributed by atoms with van der Waals surface area (Å²) in [7, 11) is 0. The fraction of sp³-hybridized carbons (Fsp3) is 0.0909. The lowest BCUT2D eigenvalue weighted by Crippen LogP contribution is -2.37. The van der Waals surface area contributed by atoms with Gasteiger partial charge in [0.1, 0.15) is 18.2 Å². The van der Waals surface area contributed by atoms with Crippen molar-refractivity contribution in [3.05, 3.63) is 101 Å². The SMILES string of the molecule is O=C(CN(Cc1ccccc1Cl)C(=O)c1cccc(F)c1)Nc1cccc(F)c1. The summed E-state index contributed by atoms with van der Waals surface area (Å²) in [5, 5.41) is 2.99. The van der Waals surface area contributed by atoms with Crippen LogP contribution in [0, 0.1) is 11.6 Å². The number of anilines is 1. The van der Waals surface area contributed by atoms with Crippen LogP contribution in [0.4, 0.5) is 14.5 Å². The van der Waals surface area contributed by atoms with Gasteiger partial charge in [-0.1, -0.05) is 41.9 Å². The highest BCUT2D eigenvalue weighted by Crippen LogP contribution is 2.19. The minimum absolute atomic E-state index is 0.0472. The van der Waals surface area contributed by atoms with E-state index >= 15 is 0 Å². The zero-order valence-corrected chi connectivity index (χ0v) is 16.0. The van der Waals surface area contributed by atoms with Gasteiger partial charge in [0.05, 0.1) is 0 Å². The van der Waals surface area contributed by atoms with Crippen LogP contribution >= 0.6 is 11.6 Å². The number of halogens is 3. The summed E-state index contributed by atoms with van der Waals surface area (Å²) in [6.07, 6.45) is 0. The molecule has 0 spiro atoms. The molecule has 0 aliphatic heterocycles. The van der Waals surface area contributed by atoms with Gasteiger partial charge >= 0.3 is 0 Å². The number of amides is 2. The smallest absolute Gasteiger partial charge is 0.254 e. The van der Waals surface area contributed by atoms with Crippen molar-refractivity contribution >= 4 is 29.1 Å². The molecule has 0 heterocycles. The van der Waals surface area contributed by atoms with Crippen LogP contribution in [0.25, 0.3) is 0 Å². The van der Waals surface area contributed by atoms with Crippen LogP contribution in [0.15, 0.2) is 72.8 Å². The van der Waals surface area contributed by atoms with Crippen LogP contribution in [-0.4, -0.2) is 23.3 Å². The number of carbonyl (C=O) groups excluding carboxylic acids is 2. The van der Waals surface area contributed by atoms with Gasteiger partial charge in [-0.2, -0.15) is 0 Å². The van der Waals surface area contributed by atoms with E-state index in [-0.39, 0.29) is 24.3 Å². The van der Waals surface area contributed by atoms with Crippen molar-refractivity contribution in [1.29, 1.82) is 0 Å². The quantitative estimate of drug-likeness (QED) is 0.623.